The van der Waals surface area contributed by atoms with E-state index in [1.165, 1.54) is 30.3 Å². The Morgan fingerprint density at radius 2 is 1.75 bits per heavy atom. The van der Waals surface area contributed by atoms with Gasteiger partial charge < -0.3 is 5.32 Å². The number of amides is 1. The molecule has 10 heteroatoms. The van der Waals surface area contributed by atoms with E-state index in [1.807, 2.05) is 0 Å². The maximum absolute atomic E-state index is 13.0. The Morgan fingerprint density at radius 1 is 1.14 bits per heavy atom. The van der Waals surface area contributed by atoms with Gasteiger partial charge in [-0.3, -0.25) is 9.10 Å². The molecule has 0 spiro atoms. The van der Waals surface area contributed by atoms with Crippen LogP contribution in [0.25, 0.3) is 0 Å². The molecule has 28 heavy (non-hydrogen) atoms. The maximum Gasteiger partial charge on any atom is 0.416 e. The Kier molecular flexibility index (Phi) is 6.33. The predicted octanol–water partition coefficient (Wildman–Crippen LogP) is 3.49. The van der Waals surface area contributed by atoms with E-state index in [2.05, 4.69) is 5.32 Å². The summed E-state index contributed by atoms with van der Waals surface area (Å²) in [5.74, 6) is -1.17. The lowest BCUT2D eigenvalue weighted by molar-refractivity contribution is -0.137. The van der Waals surface area contributed by atoms with Crippen LogP contribution in [0.3, 0.4) is 0 Å². The number of carbonyl (C=O) groups excluding carboxylic acids is 1. The first-order valence-electron chi connectivity index (χ1n) is 8.08. The molecule has 1 N–H and O–H groups in total. The lowest BCUT2D eigenvalue weighted by Gasteiger charge is -2.24. The van der Waals surface area contributed by atoms with E-state index in [1.54, 1.807) is 6.92 Å². The summed E-state index contributed by atoms with van der Waals surface area (Å²) in [6.45, 7) is 0.909. The third-order valence-corrected chi connectivity index (χ3v) is 5.04. The molecule has 0 saturated heterocycles. The zero-order valence-electron chi connectivity index (χ0n) is 15.0. The molecule has 0 unspecified atom stereocenters. The summed E-state index contributed by atoms with van der Waals surface area (Å²) in [5.41, 5.74) is -0.722. The number of sulfonamides is 1. The topological polar surface area (TPSA) is 66.5 Å². The van der Waals surface area contributed by atoms with Crippen LogP contribution in [0.15, 0.2) is 48.5 Å². The molecular formula is C18H18F4N2O3S. The summed E-state index contributed by atoms with van der Waals surface area (Å²) in [5, 5.41) is 2.54. The van der Waals surface area contributed by atoms with E-state index in [4.69, 9.17) is 0 Å². The summed E-state index contributed by atoms with van der Waals surface area (Å²) < 4.78 is 76.4. The first-order chi connectivity index (χ1) is 12.9. The van der Waals surface area contributed by atoms with E-state index in [9.17, 15) is 30.8 Å². The molecular weight excluding hydrogens is 400 g/mol. The minimum Gasteiger partial charge on any atom is -0.348 e. The largest absolute Gasteiger partial charge is 0.416 e. The van der Waals surface area contributed by atoms with Crippen LogP contribution in [0.4, 0.5) is 23.2 Å². The van der Waals surface area contributed by atoms with Gasteiger partial charge in [0.15, 0.2) is 0 Å². The van der Waals surface area contributed by atoms with Crippen molar-refractivity contribution in [3.63, 3.8) is 0 Å². The molecule has 1 atom stereocenters. The molecule has 1 amide bonds. The van der Waals surface area contributed by atoms with Crippen molar-refractivity contribution >= 4 is 21.6 Å². The first-order valence-corrected chi connectivity index (χ1v) is 9.92. The van der Waals surface area contributed by atoms with Gasteiger partial charge in [0.1, 0.15) is 12.4 Å². The molecule has 2 aromatic rings. The lowest BCUT2D eigenvalue weighted by Crippen LogP contribution is -2.41. The molecule has 0 bridgehead atoms. The quantitative estimate of drug-likeness (QED) is 0.731. The molecule has 0 aromatic heterocycles. The van der Waals surface area contributed by atoms with Crippen molar-refractivity contribution in [1.82, 2.24) is 5.32 Å². The highest BCUT2D eigenvalue weighted by Gasteiger charge is 2.32. The number of rotatable bonds is 6. The molecule has 0 aliphatic heterocycles. The van der Waals surface area contributed by atoms with Crippen LogP contribution in [-0.4, -0.2) is 27.1 Å². The van der Waals surface area contributed by atoms with Crippen LogP contribution >= 0.6 is 0 Å². The number of hydrogen-bond donors (Lipinski definition) is 1. The summed E-state index contributed by atoms with van der Waals surface area (Å²) in [6, 6.07) is 8.49. The second-order valence-corrected chi connectivity index (χ2v) is 8.07. The highest BCUT2D eigenvalue weighted by molar-refractivity contribution is 7.92. The standard InChI is InChI=1S/C18H18F4N2O3S/c1-12(13-6-8-15(19)9-7-13)23-17(25)11-24(28(2,26)27)16-5-3-4-14(10-16)18(20,21)22/h3-10,12H,11H2,1-2H3,(H,23,25)/t12-/m1/s1. The van der Waals surface area contributed by atoms with Gasteiger partial charge in [-0.25, -0.2) is 12.8 Å². The lowest BCUT2D eigenvalue weighted by atomic mass is 10.1. The molecule has 5 nitrogen and oxygen atoms in total. The average molecular weight is 418 g/mol. The number of benzene rings is 2. The first kappa shape index (κ1) is 21.7. The van der Waals surface area contributed by atoms with Crippen molar-refractivity contribution in [1.29, 1.82) is 0 Å². The van der Waals surface area contributed by atoms with E-state index >= 15 is 0 Å². The number of nitrogens with one attached hydrogen (secondary N) is 1. The van der Waals surface area contributed by atoms with Gasteiger partial charge in [-0.05, 0) is 42.8 Å². The van der Waals surface area contributed by atoms with Gasteiger partial charge in [0.25, 0.3) is 0 Å². The summed E-state index contributed by atoms with van der Waals surface area (Å²) >= 11 is 0. The average Bonchev–Trinajstić information content (AvgIpc) is 2.58. The van der Waals surface area contributed by atoms with E-state index in [0.717, 1.165) is 18.4 Å². The van der Waals surface area contributed by atoms with Gasteiger partial charge in [0.05, 0.1) is 23.5 Å². The van der Waals surface area contributed by atoms with E-state index in [0.29, 0.717) is 15.9 Å². The zero-order valence-corrected chi connectivity index (χ0v) is 15.8. The number of hydrogen-bond acceptors (Lipinski definition) is 3. The molecule has 0 aliphatic rings. The van der Waals surface area contributed by atoms with Gasteiger partial charge in [0, 0.05) is 0 Å². The van der Waals surface area contributed by atoms with Gasteiger partial charge in [0.2, 0.25) is 15.9 Å². The molecule has 0 heterocycles. The number of anilines is 1. The van der Waals surface area contributed by atoms with Crippen LogP contribution in [0.5, 0.6) is 0 Å². The highest BCUT2D eigenvalue weighted by atomic mass is 32.2. The number of alkyl halides is 3. The Labute approximate surface area is 160 Å². The van der Waals surface area contributed by atoms with Crippen molar-refractivity contribution in [3.8, 4) is 0 Å². The number of halogens is 4. The van der Waals surface area contributed by atoms with Gasteiger partial charge in [-0.15, -0.1) is 0 Å². The second-order valence-electron chi connectivity index (χ2n) is 6.16. The fourth-order valence-electron chi connectivity index (χ4n) is 2.49. The monoisotopic (exact) mass is 418 g/mol. The van der Waals surface area contributed by atoms with Crippen molar-refractivity contribution in [2.45, 2.75) is 19.1 Å². The van der Waals surface area contributed by atoms with E-state index < -0.39 is 46.1 Å². The normalized spacial score (nSPS) is 13.1. The van der Waals surface area contributed by atoms with Crippen LogP contribution in [0, 0.1) is 5.82 Å². The minimum absolute atomic E-state index is 0.276. The van der Waals surface area contributed by atoms with Crippen LogP contribution in [0.2, 0.25) is 0 Å². The molecule has 152 valence electrons. The van der Waals surface area contributed by atoms with Crippen molar-refractivity contribution in [2.75, 3.05) is 17.1 Å². The van der Waals surface area contributed by atoms with Crippen LogP contribution in [0.1, 0.15) is 24.1 Å². The fraction of sp³-hybridized carbons (Fsp3) is 0.278. The molecule has 2 rings (SSSR count). The van der Waals surface area contributed by atoms with Crippen molar-refractivity contribution in [3.05, 3.63) is 65.5 Å². The Balaban J connectivity index is 2.21. The van der Waals surface area contributed by atoms with Gasteiger partial charge in [-0.2, -0.15) is 13.2 Å². The van der Waals surface area contributed by atoms with Crippen LogP contribution in [-0.2, 0) is 21.0 Å². The third kappa shape index (κ3) is 5.69. The highest BCUT2D eigenvalue weighted by Crippen LogP contribution is 2.32. The van der Waals surface area contributed by atoms with Crippen molar-refractivity contribution in [2.24, 2.45) is 0 Å². The van der Waals surface area contributed by atoms with Gasteiger partial charge >= 0.3 is 6.18 Å². The van der Waals surface area contributed by atoms with Crippen molar-refractivity contribution < 1.29 is 30.8 Å². The molecule has 0 fully saturated rings. The minimum atomic E-state index is -4.65. The fourth-order valence-corrected chi connectivity index (χ4v) is 3.34. The molecule has 0 radical (unpaired) electrons. The zero-order chi connectivity index (χ0) is 21.1. The summed E-state index contributed by atoms with van der Waals surface area (Å²) in [6.07, 6.45) is -3.86. The Hall–Kier alpha value is -2.62. The number of nitrogens with zero attached hydrogens (tertiary/aromatic N) is 1. The Morgan fingerprint density at radius 3 is 2.29 bits per heavy atom. The maximum atomic E-state index is 13.0. The number of carbonyl (C=O) groups is 1. The summed E-state index contributed by atoms with van der Waals surface area (Å²) in [4.78, 5) is 12.3. The van der Waals surface area contributed by atoms with E-state index in [-0.39, 0.29) is 5.69 Å². The SMILES string of the molecule is C[C@@H](NC(=O)CN(c1cccc(C(F)(F)F)c1)S(C)(=O)=O)c1ccc(F)cc1. The summed E-state index contributed by atoms with van der Waals surface area (Å²) in [7, 11) is -4.03. The third-order valence-electron chi connectivity index (χ3n) is 3.90. The predicted molar refractivity (Wildman–Crippen MR) is 96.6 cm³/mol. The molecule has 0 aliphatic carbocycles. The second kappa shape index (κ2) is 8.17. The van der Waals surface area contributed by atoms with Gasteiger partial charge in [-0.1, -0.05) is 18.2 Å². The molecule has 0 saturated carbocycles. The molecule has 2 aromatic carbocycles. The van der Waals surface area contributed by atoms with Crippen LogP contribution < -0.4 is 9.62 Å². The smallest absolute Gasteiger partial charge is 0.348 e. The Bertz CT molecular complexity index is 944.